The topological polar surface area (TPSA) is 141 Å². The van der Waals surface area contributed by atoms with E-state index >= 15 is 0 Å². The number of hydrogen-bond donors (Lipinski definition) is 4. The van der Waals surface area contributed by atoms with Crippen molar-refractivity contribution in [2.24, 2.45) is 12.0 Å². The minimum atomic E-state index is -0.317. The number of fused-ring (bicyclic) bond motifs is 1. The lowest BCUT2D eigenvalue weighted by molar-refractivity contribution is 0.102. The summed E-state index contributed by atoms with van der Waals surface area (Å²) in [5.74, 6) is -0.117. The molecule has 0 aliphatic rings. The predicted octanol–water partition coefficient (Wildman–Crippen LogP) is 3.87. The molecular weight excluding hydrogens is 446 g/mol. The fourth-order valence-corrected chi connectivity index (χ4v) is 3.72. The van der Waals surface area contributed by atoms with Crippen LogP contribution in [0.1, 0.15) is 37.5 Å². The van der Waals surface area contributed by atoms with E-state index in [-0.39, 0.29) is 17.6 Å². The number of aromatic amines is 2. The molecule has 0 atom stereocenters. The second-order valence-electron chi connectivity index (χ2n) is 8.08. The third kappa shape index (κ3) is 4.44. The molecule has 0 aliphatic heterocycles. The van der Waals surface area contributed by atoms with E-state index in [1.165, 1.54) is 12.4 Å². The molecule has 5 rings (SSSR count). The van der Waals surface area contributed by atoms with Crippen LogP contribution in [0, 0.1) is 6.92 Å². The molecule has 0 aliphatic carbocycles. The van der Waals surface area contributed by atoms with E-state index in [1.54, 1.807) is 66.5 Å². The molecule has 0 spiro atoms. The third-order valence-corrected chi connectivity index (χ3v) is 5.45. The molecule has 0 saturated heterocycles. The normalized spacial score (nSPS) is 11.4. The van der Waals surface area contributed by atoms with Gasteiger partial charge in [-0.15, -0.1) is 0 Å². The SMILES string of the molecule is Cc1cc(N=Cc2c(O)[nH]c3ccc(C(=O)c4cccc(NC(=O)c5cnn(C)c5)c4)cc23)n[nH]1. The molecule has 2 aromatic carbocycles. The summed E-state index contributed by atoms with van der Waals surface area (Å²) in [4.78, 5) is 32.9. The molecule has 174 valence electrons. The van der Waals surface area contributed by atoms with Gasteiger partial charge in [-0.05, 0) is 37.3 Å². The predicted molar refractivity (Wildman–Crippen MR) is 132 cm³/mol. The van der Waals surface area contributed by atoms with Crippen LogP contribution in [0.4, 0.5) is 11.5 Å². The standard InChI is InChI=1S/C25H21N7O3/c1-14-8-22(31-30-14)26-12-20-19-10-16(6-7-21(19)29-25(20)35)23(33)15-4-3-5-18(9-15)28-24(34)17-11-27-32(2)13-17/h3-13,29,35H,1-2H3,(H,28,34)(H,30,31). The molecule has 1 amide bonds. The maximum atomic E-state index is 13.3. The molecule has 0 saturated carbocycles. The summed E-state index contributed by atoms with van der Waals surface area (Å²) in [5, 5.41) is 24.7. The highest BCUT2D eigenvalue weighted by molar-refractivity contribution is 6.13. The van der Waals surface area contributed by atoms with Crippen molar-refractivity contribution < 1.29 is 14.7 Å². The summed E-state index contributed by atoms with van der Waals surface area (Å²) >= 11 is 0. The fourth-order valence-electron chi connectivity index (χ4n) is 3.72. The number of aromatic hydroxyl groups is 1. The largest absolute Gasteiger partial charge is 0.494 e. The maximum Gasteiger partial charge on any atom is 0.258 e. The average molecular weight is 467 g/mol. The molecule has 0 bridgehead atoms. The van der Waals surface area contributed by atoms with Gasteiger partial charge in [0.25, 0.3) is 5.91 Å². The van der Waals surface area contributed by atoms with Crippen molar-refractivity contribution in [3.63, 3.8) is 0 Å². The maximum absolute atomic E-state index is 13.3. The zero-order chi connectivity index (χ0) is 24.5. The molecule has 3 heterocycles. The minimum Gasteiger partial charge on any atom is -0.494 e. The number of anilines is 1. The number of benzene rings is 2. The van der Waals surface area contributed by atoms with E-state index in [0.29, 0.717) is 44.7 Å². The van der Waals surface area contributed by atoms with Crippen LogP contribution in [-0.4, -0.2) is 48.0 Å². The van der Waals surface area contributed by atoms with Gasteiger partial charge in [0.15, 0.2) is 17.5 Å². The Hall–Kier alpha value is -4.99. The van der Waals surface area contributed by atoms with Gasteiger partial charge in [-0.3, -0.25) is 19.4 Å². The molecule has 5 aromatic rings. The van der Waals surface area contributed by atoms with Crippen molar-refractivity contribution in [2.45, 2.75) is 6.92 Å². The molecule has 4 N–H and O–H groups in total. The van der Waals surface area contributed by atoms with Gasteiger partial charge in [-0.2, -0.15) is 10.2 Å². The van der Waals surface area contributed by atoms with Gasteiger partial charge in [-0.25, -0.2) is 4.99 Å². The van der Waals surface area contributed by atoms with Crippen LogP contribution in [-0.2, 0) is 7.05 Å². The van der Waals surface area contributed by atoms with Crippen LogP contribution < -0.4 is 5.32 Å². The number of hydrogen-bond acceptors (Lipinski definition) is 6. The van der Waals surface area contributed by atoms with Gasteiger partial charge in [0.1, 0.15) is 0 Å². The van der Waals surface area contributed by atoms with E-state index < -0.39 is 0 Å². The first-order chi connectivity index (χ1) is 16.9. The number of rotatable bonds is 6. The molecule has 3 aromatic heterocycles. The van der Waals surface area contributed by atoms with E-state index in [9.17, 15) is 14.7 Å². The Bertz CT molecular complexity index is 1610. The van der Waals surface area contributed by atoms with Crippen molar-refractivity contribution >= 4 is 40.3 Å². The van der Waals surface area contributed by atoms with Gasteiger partial charge in [0.2, 0.25) is 0 Å². The highest BCUT2D eigenvalue weighted by atomic mass is 16.3. The summed E-state index contributed by atoms with van der Waals surface area (Å²) in [6.07, 6.45) is 4.59. The summed E-state index contributed by atoms with van der Waals surface area (Å²) in [7, 11) is 1.73. The second kappa shape index (κ2) is 8.75. The molecule has 0 fully saturated rings. The summed E-state index contributed by atoms with van der Waals surface area (Å²) in [6, 6.07) is 13.6. The third-order valence-electron chi connectivity index (χ3n) is 5.45. The van der Waals surface area contributed by atoms with Crippen LogP contribution in [0.3, 0.4) is 0 Å². The number of ketones is 1. The lowest BCUT2D eigenvalue weighted by atomic mass is 10.0. The summed E-state index contributed by atoms with van der Waals surface area (Å²) in [5.41, 5.74) is 3.73. The van der Waals surface area contributed by atoms with E-state index in [1.807, 2.05) is 6.92 Å². The average Bonchev–Trinajstić information content (AvgIpc) is 3.55. The van der Waals surface area contributed by atoms with E-state index in [4.69, 9.17) is 0 Å². The first-order valence-electron chi connectivity index (χ1n) is 10.7. The number of aliphatic imine (C=N–C) groups is 1. The Morgan fingerprint density at radius 1 is 1.11 bits per heavy atom. The van der Waals surface area contributed by atoms with Crippen LogP contribution in [0.5, 0.6) is 5.88 Å². The van der Waals surface area contributed by atoms with Gasteiger partial charge in [-0.1, -0.05) is 12.1 Å². The lowest BCUT2D eigenvalue weighted by Crippen LogP contribution is -2.12. The van der Waals surface area contributed by atoms with E-state index in [2.05, 4.69) is 30.6 Å². The van der Waals surface area contributed by atoms with Gasteiger partial charge in [0, 0.05) is 58.9 Å². The van der Waals surface area contributed by atoms with Gasteiger partial charge in [0.05, 0.1) is 17.3 Å². The number of aromatic nitrogens is 5. The van der Waals surface area contributed by atoms with E-state index in [0.717, 1.165) is 5.69 Å². The molecule has 0 unspecified atom stereocenters. The Kier molecular flexibility index (Phi) is 5.46. The van der Waals surface area contributed by atoms with Crippen molar-refractivity contribution in [2.75, 3.05) is 5.32 Å². The number of nitrogens with one attached hydrogen (secondary N) is 3. The van der Waals surface area contributed by atoms with Crippen molar-refractivity contribution in [3.05, 3.63) is 88.9 Å². The molecule has 10 nitrogen and oxygen atoms in total. The minimum absolute atomic E-state index is 0.0549. The van der Waals surface area contributed by atoms with Crippen molar-refractivity contribution in [1.29, 1.82) is 0 Å². The van der Waals surface area contributed by atoms with Crippen LogP contribution in [0.15, 0.2) is 65.9 Å². The van der Waals surface area contributed by atoms with Crippen LogP contribution in [0.2, 0.25) is 0 Å². The quantitative estimate of drug-likeness (QED) is 0.222. The Balaban J connectivity index is 1.42. The molecule has 10 heteroatoms. The second-order valence-corrected chi connectivity index (χ2v) is 8.08. The Morgan fingerprint density at radius 3 is 2.69 bits per heavy atom. The number of H-pyrrole nitrogens is 2. The lowest BCUT2D eigenvalue weighted by Gasteiger charge is -2.07. The first-order valence-corrected chi connectivity index (χ1v) is 10.7. The number of carbonyl (C=O) groups is 2. The Labute approximate surface area is 199 Å². The first kappa shape index (κ1) is 21.8. The Morgan fingerprint density at radius 2 is 1.94 bits per heavy atom. The smallest absolute Gasteiger partial charge is 0.258 e. The zero-order valence-electron chi connectivity index (χ0n) is 18.9. The number of amides is 1. The van der Waals surface area contributed by atoms with Crippen molar-refractivity contribution in [3.8, 4) is 5.88 Å². The summed E-state index contributed by atoms with van der Waals surface area (Å²) in [6.45, 7) is 1.87. The zero-order valence-corrected chi connectivity index (χ0v) is 18.9. The van der Waals surface area contributed by atoms with Gasteiger partial charge < -0.3 is 15.4 Å². The summed E-state index contributed by atoms with van der Waals surface area (Å²) < 4.78 is 1.54. The number of nitrogens with zero attached hydrogens (tertiary/aromatic N) is 4. The highest BCUT2D eigenvalue weighted by Crippen LogP contribution is 2.28. The molecular formula is C25H21N7O3. The number of carbonyl (C=O) groups excluding carboxylic acids is 2. The molecule has 0 radical (unpaired) electrons. The monoisotopic (exact) mass is 467 g/mol. The number of aryl methyl sites for hydroxylation is 2. The molecule has 35 heavy (non-hydrogen) atoms. The van der Waals surface area contributed by atoms with Crippen molar-refractivity contribution in [1.82, 2.24) is 25.0 Å². The fraction of sp³-hybridized carbons (Fsp3) is 0.0800. The van der Waals surface area contributed by atoms with Crippen LogP contribution >= 0.6 is 0 Å². The highest BCUT2D eigenvalue weighted by Gasteiger charge is 2.16. The van der Waals surface area contributed by atoms with Crippen LogP contribution in [0.25, 0.3) is 10.9 Å². The van der Waals surface area contributed by atoms with Gasteiger partial charge >= 0.3 is 0 Å².